The van der Waals surface area contributed by atoms with Crippen LogP contribution in [0, 0.1) is 0 Å². The first-order valence-corrected chi connectivity index (χ1v) is 10.7. The van der Waals surface area contributed by atoms with Crippen molar-refractivity contribution in [3.8, 4) is 11.5 Å². The summed E-state index contributed by atoms with van der Waals surface area (Å²) in [5.41, 5.74) is 3.07. The van der Waals surface area contributed by atoms with Gasteiger partial charge in [-0.2, -0.15) is 5.10 Å². The number of aliphatic imine (C=N–C) groups is 1. The molecule has 4 rings (SSSR count). The predicted molar refractivity (Wildman–Crippen MR) is 123 cm³/mol. The molecule has 162 valence electrons. The average molecular weight is 440 g/mol. The third kappa shape index (κ3) is 5.92. The quantitative estimate of drug-likeness (QED) is 0.448. The van der Waals surface area contributed by atoms with E-state index < -0.39 is 0 Å². The van der Waals surface area contributed by atoms with Gasteiger partial charge in [0.2, 0.25) is 0 Å². The Labute approximate surface area is 187 Å². The second kappa shape index (κ2) is 10.2. The van der Waals surface area contributed by atoms with Crippen LogP contribution in [0.25, 0.3) is 0 Å². The van der Waals surface area contributed by atoms with Gasteiger partial charge in [-0.25, -0.2) is 4.99 Å². The molecule has 2 heterocycles. The second-order valence-corrected chi connectivity index (χ2v) is 7.69. The Morgan fingerprint density at radius 1 is 1.13 bits per heavy atom. The van der Waals surface area contributed by atoms with Crippen molar-refractivity contribution < 1.29 is 9.47 Å². The van der Waals surface area contributed by atoms with E-state index in [9.17, 15) is 0 Å². The van der Waals surface area contributed by atoms with Crippen LogP contribution in [-0.2, 0) is 20.0 Å². The smallest absolute Gasteiger partial charge is 0.196 e. The number of anilines is 1. The van der Waals surface area contributed by atoms with Crippen LogP contribution in [0.3, 0.4) is 0 Å². The maximum Gasteiger partial charge on any atom is 0.196 e. The summed E-state index contributed by atoms with van der Waals surface area (Å²) in [6.07, 6.45) is 3.47. The summed E-state index contributed by atoms with van der Waals surface area (Å²) in [7, 11) is 1.91. The summed E-state index contributed by atoms with van der Waals surface area (Å²) < 4.78 is 13.3. The molecular formula is C23H26ClN5O2. The standard InChI is InChI=1S/C23H26ClN5O2/c1-29-20(9-11-27-29)16-26-23(25-10-8-17-4-2-5-18(24)14-17)28-19-6-7-21-22(15-19)31-13-3-12-30-21/h2,4-7,9,11,14-15H,3,8,10,12-13,16H2,1H3,(H2,25,26,28). The molecule has 3 aromatic rings. The normalized spacial score (nSPS) is 13.5. The van der Waals surface area contributed by atoms with Gasteiger partial charge in [-0.3, -0.25) is 4.68 Å². The monoisotopic (exact) mass is 439 g/mol. The molecule has 0 saturated carbocycles. The number of fused-ring (bicyclic) bond motifs is 1. The van der Waals surface area contributed by atoms with E-state index in [1.807, 2.05) is 54.2 Å². The zero-order valence-electron chi connectivity index (χ0n) is 17.5. The van der Waals surface area contributed by atoms with Gasteiger partial charge < -0.3 is 20.1 Å². The first kappa shape index (κ1) is 21.1. The Bertz CT molecular complexity index is 1050. The fourth-order valence-corrected chi connectivity index (χ4v) is 3.46. The van der Waals surface area contributed by atoms with Crippen LogP contribution in [0.15, 0.2) is 59.7 Å². The number of hydrogen-bond donors (Lipinski definition) is 2. The van der Waals surface area contributed by atoms with E-state index in [1.54, 1.807) is 6.20 Å². The van der Waals surface area contributed by atoms with E-state index in [4.69, 9.17) is 26.1 Å². The topological polar surface area (TPSA) is 72.7 Å². The first-order valence-electron chi connectivity index (χ1n) is 10.3. The second-order valence-electron chi connectivity index (χ2n) is 7.25. The van der Waals surface area contributed by atoms with Crippen molar-refractivity contribution >= 4 is 23.2 Å². The summed E-state index contributed by atoms with van der Waals surface area (Å²) in [5.74, 6) is 2.19. The fourth-order valence-electron chi connectivity index (χ4n) is 3.25. The number of benzene rings is 2. The molecule has 0 amide bonds. The molecule has 0 spiro atoms. The van der Waals surface area contributed by atoms with E-state index in [0.29, 0.717) is 32.3 Å². The summed E-state index contributed by atoms with van der Waals surface area (Å²) in [5, 5.41) is 11.7. The van der Waals surface area contributed by atoms with Crippen LogP contribution in [0.4, 0.5) is 5.69 Å². The molecule has 0 fully saturated rings. The van der Waals surface area contributed by atoms with Gasteiger partial charge in [0.15, 0.2) is 17.5 Å². The van der Waals surface area contributed by atoms with E-state index >= 15 is 0 Å². The lowest BCUT2D eigenvalue weighted by atomic mass is 10.1. The molecule has 0 saturated heterocycles. The van der Waals surface area contributed by atoms with Gasteiger partial charge in [0.05, 0.1) is 25.5 Å². The lowest BCUT2D eigenvalue weighted by molar-refractivity contribution is 0.297. The average Bonchev–Trinajstić information content (AvgIpc) is 3.03. The number of halogens is 1. The highest BCUT2D eigenvalue weighted by Gasteiger charge is 2.11. The van der Waals surface area contributed by atoms with E-state index in [0.717, 1.165) is 40.7 Å². The molecule has 0 bridgehead atoms. The molecule has 7 nitrogen and oxygen atoms in total. The summed E-state index contributed by atoms with van der Waals surface area (Å²) in [6, 6.07) is 15.7. The van der Waals surface area contributed by atoms with Crippen molar-refractivity contribution in [1.82, 2.24) is 15.1 Å². The Balaban J connectivity index is 1.46. The van der Waals surface area contributed by atoms with Gasteiger partial charge in [0, 0.05) is 43.0 Å². The lowest BCUT2D eigenvalue weighted by Gasteiger charge is -2.15. The SMILES string of the molecule is Cn1nccc1CN=C(NCCc1cccc(Cl)c1)Nc1ccc2c(c1)OCCCO2. The van der Waals surface area contributed by atoms with Crippen molar-refractivity contribution in [3.05, 3.63) is 71.0 Å². The fraction of sp³-hybridized carbons (Fsp3) is 0.304. The molecule has 0 radical (unpaired) electrons. The number of nitrogens with zero attached hydrogens (tertiary/aromatic N) is 3. The number of hydrogen-bond acceptors (Lipinski definition) is 4. The van der Waals surface area contributed by atoms with Crippen molar-refractivity contribution in [2.24, 2.45) is 12.0 Å². The number of aromatic nitrogens is 2. The summed E-state index contributed by atoms with van der Waals surface area (Å²) in [6.45, 7) is 2.54. The van der Waals surface area contributed by atoms with Gasteiger partial charge in [0.25, 0.3) is 0 Å². The molecule has 8 heteroatoms. The van der Waals surface area contributed by atoms with Gasteiger partial charge in [-0.05, 0) is 42.3 Å². The summed E-state index contributed by atoms with van der Waals surface area (Å²) in [4.78, 5) is 4.74. The molecule has 1 aromatic heterocycles. The van der Waals surface area contributed by atoms with Crippen molar-refractivity contribution in [2.75, 3.05) is 25.1 Å². The van der Waals surface area contributed by atoms with Crippen LogP contribution >= 0.6 is 11.6 Å². The van der Waals surface area contributed by atoms with E-state index in [1.165, 1.54) is 5.56 Å². The Kier molecular flexibility index (Phi) is 6.94. The number of nitrogens with one attached hydrogen (secondary N) is 2. The molecule has 2 N–H and O–H groups in total. The highest BCUT2D eigenvalue weighted by molar-refractivity contribution is 6.30. The van der Waals surface area contributed by atoms with E-state index in [2.05, 4.69) is 21.8 Å². The summed E-state index contributed by atoms with van der Waals surface area (Å²) >= 11 is 6.10. The largest absolute Gasteiger partial charge is 0.490 e. The van der Waals surface area contributed by atoms with Gasteiger partial charge >= 0.3 is 0 Å². The van der Waals surface area contributed by atoms with E-state index in [-0.39, 0.29) is 0 Å². The molecule has 0 unspecified atom stereocenters. The zero-order valence-corrected chi connectivity index (χ0v) is 18.2. The number of aryl methyl sites for hydroxylation is 1. The minimum Gasteiger partial charge on any atom is -0.490 e. The van der Waals surface area contributed by atoms with Crippen molar-refractivity contribution in [2.45, 2.75) is 19.4 Å². The maximum atomic E-state index is 6.10. The van der Waals surface area contributed by atoms with Crippen LogP contribution in [-0.4, -0.2) is 35.5 Å². The Morgan fingerprint density at radius 3 is 2.81 bits per heavy atom. The third-order valence-electron chi connectivity index (χ3n) is 4.93. The zero-order chi connectivity index (χ0) is 21.5. The minimum absolute atomic E-state index is 0.507. The highest BCUT2D eigenvalue weighted by atomic mass is 35.5. The van der Waals surface area contributed by atoms with Crippen LogP contribution in [0.5, 0.6) is 11.5 Å². The third-order valence-corrected chi connectivity index (χ3v) is 5.16. The van der Waals surface area contributed by atoms with Gasteiger partial charge in [-0.15, -0.1) is 0 Å². The van der Waals surface area contributed by atoms with Gasteiger partial charge in [-0.1, -0.05) is 23.7 Å². The highest BCUT2D eigenvalue weighted by Crippen LogP contribution is 2.32. The Morgan fingerprint density at radius 2 is 2.00 bits per heavy atom. The Hall–Kier alpha value is -3.19. The number of guanidine groups is 1. The molecule has 2 aromatic carbocycles. The van der Waals surface area contributed by atoms with Crippen LogP contribution in [0.1, 0.15) is 17.7 Å². The first-order chi connectivity index (χ1) is 15.2. The minimum atomic E-state index is 0.507. The van der Waals surface area contributed by atoms with Crippen molar-refractivity contribution in [3.63, 3.8) is 0 Å². The molecule has 31 heavy (non-hydrogen) atoms. The van der Waals surface area contributed by atoms with Crippen molar-refractivity contribution in [1.29, 1.82) is 0 Å². The van der Waals surface area contributed by atoms with Crippen LogP contribution < -0.4 is 20.1 Å². The van der Waals surface area contributed by atoms with Crippen LogP contribution in [0.2, 0.25) is 5.02 Å². The number of ether oxygens (including phenoxy) is 2. The number of rotatable bonds is 6. The van der Waals surface area contributed by atoms with Gasteiger partial charge in [0.1, 0.15) is 0 Å². The lowest BCUT2D eigenvalue weighted by Crippen LogP contribution is -2.32. The molecule has 0 aliphatic carbocycles. The molecule has 1 aliphatic rings. The maximum absolute atomic E-state index is 6.10. The molecular weight excluding hydrogens is 414 g/mol. The molecule has 0 atom stereocenters. The predicted octanol–water partition coefficient (Wildman–Crippen LogP) is 4.04. The molecule has 1 aliphatic heterocycles.